The number of rotatable bonds is 35. The Morgan fingerprint density at radius 1 is 0.442 bits per heavy atom. The van der Waals surface area contributed by atoms with Crippen molar-refractivity contribution in [2.24, 2.45) is 0 Å². The van der Waals surface area contributed by atoms with Crippen molar-refractivity contribution in [2.45, 2.75) is 180 Å². The predicted molar refractivity (Wildman–Crippen MR) is 191 cm³/mol. The number of unbranched alkanes of at least 4 members (excludes halogenated alkanes) is 18. The van der Waals surface area contributed by atoms with Crippen LogP contribution in [0.3, 0.4) is 0 Å². The zero-order chi connectivity index (χ0) is 31.2. The van der Waals surface area contributed by atoms with E-state index in [0.717, 1.165) is 45.3 Å². The van der Waals surface area contributed by atoms with Gasteiger partial charge in [0, 0.05) is 19.8 Å². The summed E-state index contributed by atoms with van der Waals surface area (Å²) in [6.07, 6.45) is 49.6. The van der Waals surface area contributed by atoms with E-state index in [1.807, 2.05) is 0 Å². The molecule has 0 radical (unpaired) electrons. The van der Waals surface area contributed by atoms with Crippen molar-refractivity contribution in [3.63, 3.8) is 0 Å². The lowest BCUT2D eigenvalue weighted by atomic mass is 10.1. The van der Waals surface area contributed by atoms with Crippen LogP contribution in [0.15, 0.2) is 48.6 Å². The third-order valence-electron chi connectivity index (χ3n) is 7.98. The summed E-state index contributed by atoms with van der Waals surface area (Å²) < 4.78 is 11.7. The van der Waals surface area contributed by atoms with Crippen molar-refractivity contribution in [2.75, 3.05) is 26.4 Å². The monoisotopic (exact) mass is 603 g/mol. The lowest BCUT2D eigenvalue weighted by Gasteiger charge is -2.15. The third-order valence-corrected chi connectivity index (χ3v) is 7.98. The van der Waals surface area contributed by atoms with Crippen molar-refractivity contribution in [3.8, 4) is 0 Å². The molecule has 252 valence electrons. The summed E-state index contributed by atoms with van der Waals surface area (Å²) in [4.78, 5) is 0. The minimum absolute atomic E-state index is 0.0751. The summed E-state index contributed by atoms with van der Waals surface area (Å²) in [6.45, 7) is 6.89. The number of aliphatic hydroxyl groups is 1. The Balaban J connectivity index is 3.37. The number of aliphatic hydroxyl groups excluding tert-OH is 1. The Hall–Kier alpha value is -1.16. The van der Waals surface area contributed by atoms with Gasteiger partial charge in [0.2, 0.25) is 0 Å². The zero-order valence-corrected chi connectivity index (χ0v) is 29.0. The van der Waals surface area contributed by atoms with E-state index >= 15 is 0 Å². The highest BCUT2D eigenvalue weighted by Gasteiger charge is 2.07. The fourth-order valence-corrected chi connectivity index (χ4v) is 5.08. The van der Waals surface area contributed by atoms with Gasteiger partial charge in [-0.3, -0.25) is 0 Å². The predicted octanol–water partition coefficient (Wildman–Crippen LogP) is 12.4. The largest absolute Gasteiger partial charge is 0.394 e. The molecular weight excluding hydrogens is 528 g/mol. The topological polar surface area (TPSA) is 38.7 Å². The molecule has 0 amide bonds. The molecule has 0 aromatic rings. The summed E-state index contributed by atoms with van der Waals surface area (Å²) >= 11 is 0. The van der Waals surface area contributed by atoms with Crippen LogP contribution in [0.1, 0.15) is 174 Å². The first-order valence-corrected chi connectivity index (χ1v) is 18.7. The standard InChI is InChI=1S/C40H74O3/c1-3-5-7-9-11-13-15-17-19-21-23-25-27-29-31-33-36-42-38-35-40(39-41)43-37-34-32-30-28-26-24-22-20-18-16-14-12-10-8-6-4-2/h11-14,17-20,40-41H,3-10,15-16,21-39H2,1-2H3/b13-11-,14-12-,19-17-,20-18-. The van der Waals surface area contributed by atoms with Crippen LogP contribution in [0.5, 0.6) is 0 Å². The van der Waals surface area contributed by atoms with Crippen molar-refractivity contribution in [1.29, 1.82) is 0 Å². The second-order valence-corrected chi connectivity index (χ2v) is 12.2. The average Bonchev–Trinajstić information content (AvgIpc) is 3.02. The molecule has 1 unspecified atom stereocenters. The molecule has 0 heterocycles. The maximum Gasteiger partial charge on any atom is 0.0827 e. The lowest BCUT2D eigenvalue weighted by molar-refractivity contribution is -0.0116. The van der Waals surface area contributed by atoms with Gasteiger partial charge in [-0.1, -0.05) is 140 Å². The van der Waals surface area contributed by atoms with Crippen LogP contribution in [0.2, 0.25) is 0 Å². The Morgan fingerprint density at radius 3 is 1.28 bits per heavy atom. The van der Waals surface area contributed by atoms with E-state index in [0.29, 0.717) is 6.61 Å². The molecule has 0 bridgehead atoms. The zero-order valence-electron chi connectivity index (χ0n) is 29.0. The van der Waals surface area contributed by atoms with Crippen LogP contribution >= 0.6 is 0 Å². The molecule has 0 aliphatic carbocycles. The highest BCUT2D eigenvalue weighted by atomic mass is 16.5. The van der Waals surface area contributed by atoms with E-state index in [4.69, 9.17) is 9.47 Å². The molecule has 1 N–H and O–H groups in total. The van der Waals surface area contributed by atoms with E-state index in [9.17, 15) is 5.11 Å². The molecule has 43 heavy (non-hydrogen) atoms. The second kappa shape index (κ2) is 38.9. The van der Waals surface area contributed by atoms with Gasteiger partial charge in [0.1, 0.15) is 0 Å². The van der Waals surface area contributed by atoms with E-state index < -0.39 is 0 Å². The number of ether oxygens (including phenoxy) is 2. The molecular formula is C40H74O3. The quantitative estimate of drug-likeness (QED) is 0.0579. The van der Waals surface area contributed by atoms with Gasteiger partial charge in [-0.05, 0) is 83.5 Å². The summed E-state index contributed by atoms with van der Waals surface area (Å²) in [7, 11) is 0. The first-order valence-electron chi connectivity index (χ1n) is 18.7. The lowest BCUT2D eigenvalue weighted by Crippen LogP contribution is -2.20. The number of allylic oxidation sites excluding steroid dienone is 8. The van der Waals surface area contributed by atoms with Gasteiger partial charge in [0.05, 0.1) is 12.7 Å². The Labute approximate surface area is 269 Å². The van der Waals surface area contributed by atoms with Gasteiger partial charge < -0.3 is 14.6 Å². The minimum Gasteiger partial charge on any atom is -0.394 e. The summed E-state index contributed by atoms with van der Waals surface area (Å²) in [5, 5.41) is 9.62. The van der Waals surface area contributed by atoms with Gasteiger partial charge in [-0.25, -0.2) is 0 Å². The number of hydrogen-bond donors (Lipinski definition) is 1. The van der Waals surface area contributed by atoms with Crippen molar-refractivity contribution in [1.82, 2.24) is 0 Å². The highest BCUT2D eigenvalue weighted by Crippen LogP contribution is 2.11. The molecule has 0 aromatic heterocycles. The van der Waals surface area contributed by atoms with Crippen LogP contribution < -0.4 is 0 Å². The van der Waals surface area contributed by atoms with Gasteiger partial charge >= 0.3 is 0 Å². The average molecular weight is 603 g/mol. The van der Waals surface area contributed by atoms with Gasteiger partial charge in [0.25, 0.3) is 0 Å². The second-order valence-electron chi connectivity index (χ2n) is 12.2. The maximum atomic E-state index is 9.62. The first kappa shape index (κ1) is 41.8. The van der Waals surface area contributed by atoms with E-state index in [-0.39, 0.29) is 12.7 Å². The molecule has 0 fully saturated rings. The molecule has 0 aromatic carbocycles. The third kappa shape index (κ3) is 36.9. The van der Waals surface area contributed by atoms with Crippen LogP contribution in [-0.2, 0) is 9.47 Å². The molecule has 0 saturated carbocycles. The summed E-state index contributed by atoms with van der Waals surface area (Å²) in [5.74, 6) is 0. The van der Waals surface area contributed by atoms with Gasteiger partial charge in [0.15, 0.2) is 0 Å². The van der Waals surface area contributed by atoms with Crippen molar-refractivity contribution >= 4 is 0 Å². The molecule has 3 heteroatoms. The fraction of sp³-hybridized carbons (Fsp3) is 0.800. The Kier molecular flexibility index (Phi) is 37.8. The SMILES string of the molecule is CCCCC/C=C\C/C=C\CCCCCCCCOCCC(CO)OCCCCCCCC/C=C\C/C=C\CCCCC. The molecule has 0 rings (SSSR count). The molecule has 0 aliphatic rings. The smallest absolute Gasteiger partial charge is 0.0827 e. The van der Waals surface area contributed by atoms with Crippen LogP contribution in [0.4, 0.5) is 0 Å². The van der Waals surface area contributed by atoms with Crippen LogP contribution in [0.25, 0.3) is 0 Å². The molecule has 0 saturated heterocycles. The number of hydrogen-bond acceptors (Lipinski definition) is 3. The Bertz CT molecular complexity index is 621. The molecule has 1 atom stereocenters. The van der Waals surface area contributed by atoms with Gasteiger partial charge in [-0.2, -0.15) is 0 Å². The normalized spacial score (nSPS) is 13.1. The van der Waals surface area contributed by atoms with Crippen molar-refractivity contribution in [3.05, 3.63) is 48.6 Å². The first-order chi connectivity index (χ1) is 21.3. The summed E-state index contributed by atoms with van der Waals surface area (Å²) in [5.41, 5.74) is 0. The van der Waals surface area contributed by atoms with E-state index in [2.05, 4.69) is 62.5 Å². The Morgan fingerprint density at radius 2 is 0.837 bits per heavy atom. The summed E-state index contributed by atoms with van der Waals surface area (Å²) in [6, 6.07) is 0. The van der Waals surface area contributed by atoms with Crippen molar-refractivity contribution < 1.29 is 14.6 Å². The van der Waals surface area contributed by atoms with E-state index in [1.54, 1.807) is 0 Å². The minimum atomic E-state index is -0.0751. The molecule has 0 aliphatic heterocycles. The fourth-order valence-electron chi connectivity index (χ4n) is 5.08. The highest BCUT2D eigenvalue weighted by molar-refractivity contribution is 4.93. The maximum absolute atomic E-state index is 9.62. The molecule has 3 nitrogen and oxygen atoms in total. The van der Waals surface area contributed by atoms with Gasteiger partial charge in [-0.15, -0.1) is 0 Å². The molecule has 0 spiro atoms. The van der Waals surface area contributed by atoms with Crippen LogP contribution in [-0.4, -0.2) is 37.6 Å². The van der Waals surface area contributed by atoms with E-state index in [1.165, 1.54) is 128 Å². The van der Waals surface area contributed by atoms with Crippen LogP contribution in [0, 0.1) is 0 Å².